The Labute approximate surface area is 108 Å². The van der Waals surface area contributed by atoms with Crippen molar-refractivity contribution < 1.29 is 13.2 Å². The Balaban J connectivity index is 2.20. The van der Waals surface area contributed by atoms with Crippen LogP contribution < -0.4 is 5.32 Å². The lowest BCUT2D eigenvalue weighted by Crippen LogP contribution is -2.46. The van der Waals surface area contributed by atoms with Gasteiger partial charge in [-0.25, -0.2) is 8.42 Å². The Hall–Kier alpha value is -0.910. The van der Waals surface area contributed by atoms with Gasteiger partial charge in [0.1, 0.15) is 0 Å². The third-order valence-electron chi connectivity index (χ3n) is 3.02. The van der Waals surface area contributed by atoms with Crippen LogP contribution in [0.1, 0.15) is 25.5 Å². The molecule has 1 unspecified atom stereocenters. The van der Waals surface area contributed by atoms with Gasteiger partial charge >= 0.3 is 0 Å². The van der Waals surface area contributed by atoms with Gasteiger partial charge in [0.05, 0.1) is 16.6 Å². The Kier molecular flexibility index (Phi) is 3.49. The number of morpholine rings is 1. The molecule has 0 aliphatic carbocycles. The van der Waals surface area contributed by atoms with Crippen LogP contribution in [-0.4, -0.2) is 33.4 Å². The highest BCUT2D eigenvalue weighted by Crippen LogP contribution is 2.27. The minimum absolute atomic E-state index is 0.0256. The Morgan fingerprint density at radius 2 is 1.89 bits per heavy atom. The average molecular weight is 269 g/mol. The summed E-state index contributed by atoms with van der Waals surface area (Å²) in [5, 5.41) is 3.33. The van der Waals surface area contributed by atoms with Gasteiger partial charge in [-0.15, -0.1) is 0 Å². The van der Waals surface area contributed by atoms with E-state index in [0.717, 1.165) is 18.7 Å². The molecule has 0 saturated carbocycles. The second-order valence-electron chi connectivity index (χ2n) is 5.34. The molecule has 0 radical (unpaired) electrons. The van der Waals surface area contributed by atoms with Crippen LogP contribution in [0.2, 0.25) is 0 Å². The first-order chi connectivity index (χ1) is 8.28. The minimum atomic E-state index is -3.13. The number of benzene rings is 1. The summed E-state index contributed by atoms with van der Waals surface area (Å²) in [6.45, 7) is 5.65. The fraction of sp³-hybridized carbons (Fsp3) is 0.538. The molecule has 0 aromatic heterocycles. The lowest BCUT2D eigenvalue weighted by molar-refractivity contribution is -0.0958. The molecule has 4 nitrogen and oxygen atoms in total. The monoisotopic (exact) mass is 269 g/mol. The Morgan fingerprint density at radius 1 is 1.28 bits per heavy atom. The summed E-state index contributed by atoms with van der Waals surface area (Å²) in [6.07, 6.45) is 1.19. The van der Waals surface area contributed by atoms with E-state index in [4.69, 9.17) is 4.74 Å². The van der Waals surface area contributed by atoms with E-state index < -0.39 is 9.84 Å². The van der Waals surface area contributed by atoms with Gasteiger partial charge in [0.15, 0.2) is 9.84 Å². The van der Waals surface area contributed by atoms with E-state index in [9.17, 15) is 8.42 Å². The summed E-state index contributed by atoms with van der Waals surface area (Å²) >= 11 is 0. The molecular formula is C13H19NO3S. The zero-order valence-electron chi connectivity index (χ0n) is 10.9. The number of sulfone groups is 1. The summed E-state index contributed by atoms with van der Waals surface area (Å²) in [5.41, 5.74) is 0.806. The van der Waals surface area contributed by atoms with Crippen molar-refractivity contribution in [1.29, 1.82) is 0 Å². The van der Waals surface area contributed by atoms with Crippen LogP contribution in [-0.2, 0) is 14.6 Å². The van der Waals surface area contributed by atoms with E-state index in [2.05, 4.69) is 5.32 Å². The van der Waals surface area contributed by atoms with E-state index in [1.165, 1.54) is 6.26 Å². The van der Waals surface area contributed by atoms with E-state index >= 15 is 0 Å². The van der Waals surface area contributed by atoms with E-state index in [0.29, 0.717) is 4.90 Å². The Bertz CT molecular complexity index is 520. The van der Waals surface area contributed by atoms with Crippen molar-refractivity contribution in [1.82, 2.24) is 5.32 Å². The molecule has 5 heteroatoms. The normalized spacial score (nSPS) is 23.8. The van der Waals surface area contributed by atoms with Crippen molar-refractivity contribution in [3.63, 3.8) is 0 Å². The summed E-state index contributed by atoms with van der Waals surface area (Å²) in [6, 6.07) is 6.92. The Morgan fingerprint density at radius 3 is 2.39 bits per heavy atom. The number of nitrogens with one attached hydrogen (secondary N) is 1. The highest BCUT2D eigenvalue weighted by Gasteiger charge is 2.29. The van der Waals surface area contributed by atoms with E-state index in [1.54, 1.807) is 12.1 Å². The van der Waals surface area contributed by atoms with Gasteiger partial charge in [-0.3, -0.25) is 0 Å². The van der Waals surface area contributed by atoms with Crippen LogP contribution in [0, 0.1) is 0 Å². The molecule has 1 fully saturated rings. The predicted molar refractivity (Wildman–Crippen MR) is 70.3 cm³/mol. The molecule has 1 heterocycles. The third kappa shape index (κ3) is 3.10. The van der Waals surface area contributed by atoms with Crippen LogP contribution in [0.3, 0.4) is 0 Å². The molecule has 1 aromatic rings. The molecule has 1 atom stereocenters. The lowest BCUT2D eigenvalue weighted by atomic mass is 10.0. The first kappa shape index (κ1) is 13.5. The molecule has 1 saturated heterocycles. The second-order valence-corrected chi connectivity index (χ2v) is 7.35. The maximum Gasteiger partial charge on any atom is 0.175 e. The SMILES string of the molecule is CC1(C)CNCC(c2ccc(S(C)(=O)=O)cc2)O1. The predicted octanol–water partition coefficient (Wildman–Crippen LogP) is 1.53. The summed E-state index contributed by atoms with van der Waals surface area (Å²) in [5.74, 6) is 0. The third-order valence-corrected chi connectivity index (χ3v) is 4.15. The minimum Gasteiger partial charge on any atom is -0.365 e. The van der Waals surface area contributed by atoms with Crippen LogP contribution in [0.15, 0.2) is 29.2 Å². The molecule has 2 rings (SSSR count). The molecule has 0 spiro atoms. The molecule has 100 valence electrons. The van der Waals surface area contributed by atoms with E-state index in [1.807, 2.05) is 26.0 Å². The van der Waals surface area contributed by atoms with Crippen LogP contribution in [0.5, 0.6) is 0 Å². The maximum absolute atomic E-state index is 11.4. The highest BCUT2D eigenvalue weighted by atomic mass is 32.2. The number of rotatable bonds is 2. The molecule has 1 aromatic carbocycles. The fourth-order valence-corrected chi connectivity index (χ4v) is 2.72. The van der Waals surface area contributed by atoms with Gasteiger partial charge in [0, 0.05) is 19.3 Å². The van der Waals surface area contributed by atoms with Crippen molar-refractivity contribution in [3.05, 3.63) is 29.8 Å². The summed E-state index contributed by atoms with van der Waals surface area (Å²) < 4.78 is 28.7. The largest absolute Gasteiger partial charge is 0.365 e. The van der Waals surface area contributed by atoms with Crippen LogP contribution >= 0.6 is 0 Å². The first-order valence-electron chi connectivity index (χ1n) is 5.96. The van der Waals surface area contributed by atoms with Gasteiger partial charge in [0.2, 0.25) is 0 Å². The van der Waals surface area contributed by atoms with Crippen LogP contribution in [0.4, 0.5) is 0 Å². The molecular weight excluding hydrogens is 250 g/mol. The topological polar surface area (TPSA) is 55.4 Å². The molecule has 18 heavy (non-hydrogen) atoms. The quantitative estimate of drug-likeness (QED) is 0.884. The lowest BCUT2D eigenvalue weighted by Gasteiger charge is -2.36. The number of hydrogen-bond donors (Lipinski definition) is 1. The van der Waals surface area contributed by atoms with Gasteiger partial charge < -0.3 is 10.1 Å². The summed E-state index contributed by atoms with van der Waals surface area (Å²) in [4.78, 5) is 0.342. The summed E-state index contributed by atoms with van der Waals surface area (Å²) in [7, 11) is -3.13. The maximum atomic E-state index is 11.4. The first-order valence-corrected chi connectivity index (χ1v) is 7.86. The second kappa shape index (κ2) is 4.64. The van der Waals surface area contributed by atoms with Gasteiger partial charge in [-0.2, -0.15) is 0 Å². The standard InChI is InChI=1S/C13H19NO3S/c1-13(2)9-14-8-12(17-13)10-4-6-11(7-5-10)18(3,15)16/h4-7,12,14H,8-9H2,1-3H3. The van der Waals surface area contributed by atoms with E-state index in [-0.39, 0.29) is 11.7 Å². The van der Waals surface area contributed by atoms with Crippen LogP contribution in [0.25, 0.3) is 0 Å². The molecule has 1 N–H and O–H groups in total. The average Bonchev–Trinajstić information content (AvgIpc) is 2.27. The number of hydrogen-bond acceptors (Lipinski definition) is 4. The molecule has 0 bridgehead atoms. The van der Waals surface area contributed by atoms with Crippen molar-refractivity contribution in [2.75, 3.05) is 19.3 Å². The van der Waals surface area contributed by atoms with Gasteiger partial charge in [0.25, 0.3) is 0 Å². The number of ether oxygens (including phenoxy) is 1. The molecule has 1 aliphatic heterocycles. The molecule has 0 amide bonds. The van der Waals surface area contributed by atoms with Crippen molar-refractivity contribution in [2.45, 2.75) is 30.4 Å². The molecule has 1 aliphatic rings. The van der Waals surface area contributed by atoms with Gasteiger partial charge in [-0.05, 0) is 31.5 Å². The van der Waals surface area contributed by atoms with Crippen molar-refractivity contribution in [2.24, 2.45) is 0 Å². The smallest absolute Gasteiger partial charge is 0.175 e. The zero-order chi connectivity index (χ0) is 13.4. The van der Waals surface area contributed by atoms with Crippen molar-refractivity contribution >= 4 is 9.84 Å². The zero-order valence-corrected chi connectivity index (χ0v) is 11.8. The van der Waals surface area contributed by atoms with Crippen molar-refractivity contribution in [3.8, 4) is 0 Å². The van der Waals surface area contributed by atoms with Gasteiger partial charge in [-0.1, -0.05) is 12.1 Å². The fourth-order valence-electron chi connectivity index (χ4n) is 2.09. The highest BCUT2D eigenvalue weighted by molar-refractivity contribution is 7.90.